The lowest BCUT2D eigenvalue weighted by atomic mass is 10.2. The molecule has 0 radical (unpaired) electrons. The summed E-state index contributed by atoms with van der Waals surface area (Å²) >= 11 is 0. The van der Waals surface area contributed by atoms with E-state index < -0.39 is 0 Å². The van der Waals surface area contributed by atoms with Crippen LogP contribution in [0.25, 0.3) is 0 Å². The minimum atomic E-state index is -0.324. The summed E-state index contributed by atoms with van der Waals surface area (Å²) in [5.74, 6) is -0.503. The lowest BCUT2D eigenvalue weighted by Crippen LogP contribution is -2.33. The van der Waals surface area contributed by atoms with Crippen LogP contribution in [0.2, 0.25) is 0 Å². The number of amides is 1. The molecule has 1 amide bonds. The minimum absolute atomic E-state index is 0.179. The summed E-state index contributed by atoms with van der Waals surface area (Å²) in [6.45, 7) is 5.43. The van der Waals surface area contributed by atoms with E-state index in [1.807, 2.05) is 13.8 Å². The lowest BCUT2D eigenvalue weighted by Gasteiger charge is -2.10. The molecule has 0 rings (SSSR count). The zero-order valence-electron chi connectivity index (χ0n) is 9.09. The summed E-state index contributed by atoms with van der Waals surface area (Å²) in [4.78, 5) is 22.0. The number of methoxy groups -OCH3 is 1. The summed E-state index contributed by atoms with van der Waals surface area (Å²) in [5.41, 5.74) is 0.924. The molecule has 4 nitrogen and oxygen atoms in total. The number of ether oxygens (including phenoxy) is 1. The molecule has 0 spiro atoms. The van der Waals surface area contributed by atoms with Crippen LogP contribution in [0.4, 0.5) is 0 Å². The van der Waals surface area contributed by atoms with Crippen molar-refractivity contribution in [3.8, 4) is 0 Å². The number of carbonyl (C=O) groups is 2. The summed E-state index contributed by atoms with van der Waals surface area (Å²) in [7, 11) is 1.33. The third-order valence-corrected chi connectivity index (χ3v) is 1.51. The molecular formula is C10H17NO3. The van der Waals surface area contributed by atoms with Gasteiger partial charge in [0.25, 0.3) is 0 Å². The molecule has 0 saturated heterocycles. The van der Waals surface area contributed by atoms with Crippen LogP contribution in [-0.4, -0.2) is 25.0 Å². The van der Waals surface area contributed by atoms with Crippen molar-refractivity contribution in [2.75, 3.05) is 7.11 Å². The molecule has 0 aromatic rings. The largest absolute Gasteiger partial charge is 0.469 e. The fourth-order valence-electron chi connectivity index (χ4n) is 0.931. The molecule has 14 heavy (non-hydrogen) atoms. The van der Waals surface area contributed by atoms with E-state index in [9.17, 15) is 9.59 Å². The number of carbonyl (C=O) groups excluding carboxylic acids is 2. The molecule has 1 N–H and O–H groups in total. The van der Waals surface area contributed by atoms with Crippen LogP contribution in [-0.2, 0) is 14.3 Å². The number of esters is 1. The second kappa shape index (κ2) is 6.18. The van der Waals surface area contributed by atoms with E-state index in [-0.39, 0.29) is 24.3 Å². The van der Waals surface area contributed by atoms with E-state index in [0.29, 0.717) is 0 Å². The van der Waals surface area contributed by atoms with Gasteiger partial charge in [0.15, 0.2) is 0 Å². The predicted octanol–water partition coefficient (Wildman–Crippen LogP) is 1.02. The first-order chi connectivity index (χ1) is 6.45. The molecule has 0 aliphatic rings. The third kappa shape index (κ3) is 6.22. The van der Waals surface area contributed by atoms with E-state index >= 15 is 0 Å². The highest BCUT2D eigenvalue weighted by Crippen LogP contribution is 1.94. The van der Waals surface area contributed by atoms with E-state index in [2.05, 4.69) is 10.1 Å². The van der Waals surface area contributed by atoms with Crippen LogP contribution in [0.15, 0.2) is 11.6 Å². The maximum atomic E-state index is 11.2. The highest BCUT2D eigenvalue weighted by atomic mass is 16.5. The average Bonchev–Trinajstić information content (AvgIpc) is 2.01. The van der Waals surface area contributed by atoms with Crippen molar-refractivity contribution >= 4 is 11.9 Å². The standard InChI is InChI=1S/C10H17NO3/c1-7(2)5-9(12)11-8(3)6-10(13)14-4/h5,8H,6H2,1-4H3,(H,11,12). The second-order valence-electron chi connectivity index (χ2n) is 3.41. The summed E-state index contributed by atoms with van der Waals surface area (Å²) in [5, 5.41) is 2.66. The Balaban J connectivity index is 3.94. The molecule has 80 valence electrons. The Morgan fingerprint density at radius 1 is 1.43 bits per heavy atom. The summed E-state index contributed by atoms with van der Waals surface area (Å²) in [6, 6.07) is -0.203. The van der Waals surface area contributed by atoms with Crippen LogP contribution in [0, 0.1) is 0 Å². The van der Waals surface area contributed by atoms with Crippen LogP contribution in [0.1, 0.15) is 27.2 Å². The van der Waals surface area contributed by atoms with E-state index in [1.54, 1.807) is 6.92 Å². The van der Waals surface area contributed by atoms with Gasteiger partial charge in [0, 0.05) is 12.1 Å². The molecule has 0 fully saturated rings. The highest BCUT2D eigenvalue weighted by Gasteiger charge is 2.10. The van der Waals surface area contributed by atoms with Crippen molar-refractivity contribution in [3.05, 3.63) is 11.6 Å². The Morgan fingerprint density at radius 3 is 2.43 bits per heavy atom. The van der Waals surface area contributed by atoms with Crippen molar-refractivity contribution in [2.24, 2.45) is 0 Å². The van der Waals surface area contributed by atoms with Crippen molar-refractivity contribution in [1.82, 2.24) is 5.32 Å². The number of nitrogens with one attached hydrogen (secondary N) is 1. The van der Waals surface area contributed by atoms with E-state index in [0.717, 1.165) is 5.57 Å². The summed E-state index contributed by atoms with van der Waals surface area (Å²) in [6.07, 6.45) is 1.69. The first kappa shape index (κ1) is 12.7. The molecular weight excluding hydrogens is 182 g/mol. The Morgan fingerprint density at radius 2 is 2.00 bits per heavy atom. The topological polar surface area (TPSA) is 55.4 Å². The fraction of sp³-hybridized carbons (Fsp3) is 0.600. The number of rotatable bonds is 4. The predicted molar refractivity (Wildman–Crippen MR) is 53.7 cm³/mol. The van der Waals surface area contributed by atoms with Crippen LogP contribution < -0.4 is 5.32 Å². The molecule has 0 aliphatic carbocycles. The first-order valence-corrected chi connectivity index (χ1v) is 4.48. The van der Waals surface area contributed by atoms with Crippen LogP contribution >= 0.6 is 0 Å². The van der Waals surface area contributed by atoms with Crippen LogP contribution in [0.3, 0.4) is 0 Å². The van der Waals surface area contributed by atoms with Gasteiger partial charge in [-0.2, -0.15) is 0 Å². The average molecular weight is 199 g/mol. The molecule has 4 heteroatoms. The Kier molecular flexibility index (Phi) is 5.60. The maximum absolute atomic E-state index is 11.2. The quantitative estimate of drug-likeness (QED) is 0.543. The minimum Gasteiger partial charge on any atom is -0.469 e. The monoisotopic (exact) mass is 199 g/mol. The maximum Gasteiger partial charge on any atom is 0.307 e. The van der Waals surface area contributed by atoms with Crippen molar-refractivity contribution in [2.45, 2.75) is 33.2 Å². The van der Waals surface area contributed by atoms with Gasteiger partial charge in [-0.05, 0) is 20.8 Å². The Bertz CT molecular complexity index is 242. The number of allylic oxidation sites excluding steroid dienone is 1. The van der Waals surface area contributed by atoms with E-state index in [1.165, 1.54) is 13.2 Å². The Labute approximate surface area is 84.3 Å². The van der Waals surface area contributed by atoms with Gasteiger partial charge in [-0.1, -0.05) is 5.57 Å². The van der Waals surface area contributed by atoms with Gasteiger partial charge in [-0.3, -0.25) is 9.59 Å². The fourth-order valence-corrected chi connectivity index (χ4v) is 0.931. The molecule has 0 heterocycles. The number of hydrogen-bond acceptors (Lipinski definition) is 3. The van der Waals surface area contributed by atoms with Gasteiger partial charge in [0.1, 0.15) is 0 Å². The molecule has 0 aliphatic heterocycles. The zero-order valence-corrected chi connectivity index (χ0v) is 9.09. The second-order valence-corrected chi connectivity index (χ2v) is 3.41. The molecule has 1 unspecified atom stereocenters. The van der Waals surface area contributed by atoms with Crippen molar-refractivity contribution < 1.29 is 14.3 Å². The van der Waals surface area contributed by atoms with Gasteiger partial charge in [0.2, 0.25) is 5.91 Å². The van der Waals surface area contributed by atoms with Crippen molar-refractivity contribution in [3.63, 3.8) is 0 Å². The molecule has 0 bridgehead atoms. The lowest BCUT2D eigenvalue weighted by molar-refractivity contribution is -0.141. The first-order valence-electron chi connectivity index (χ1n) is 4.48. The van der Waals surface area contributed by atoms with Gasteiger partial charge < -0.3 is 10.1 Å². The SMILES string of the molecule is COC(=O)CC(C)NC(=O)C=C(C)C. The molecule has 1 atom stereocenters. The van der Waals surface area contributed by atoms with Gasteiger partial charge in [-0.25, -0.2) is 0 Å². The Hall–Kier alpha value is -1.32. The smallest absolute Gasteiger partial charge is 0.307 e. The molecule has 0 aromatic carbocycles. The van der Waals surface area contributed by atoms with Crippen molar-refractivity contribution in [1.29, 1.82) is 0 Å². The molecule has 0 aromatic heterocycles. The molecule has 0 saturated carbocycles. The van der Waals surface area contributed by atoms with Gasteiger partial charge in [0.05, 0.1) is 13.5 Å². The summed E-state index contributed by atoms with van der Waals surface area (Å²) < 4.78 is 4.48. The van der Waals surface area contributed by atoms with Gasteiger partial charge in [-0.15, -0.1) is 0 Å². The highest BCUT2D eigenvalue weighted by molar-refractivity contribution is 5.88. The zero-order chi connectivity index (χ0) is 11.1. The normalized spacial score (nSPS) is 11.4. The van der Waals surface area contributed by atoms with Gasteiger partial charge >= 0.3 is 5.97 Å². The number of hydrogen-bond donors (Lipinski definition) is 1. The van der Waals surface area contributed by atoms with Crippen LogP contribution in [0.5, 0.6) is 0 Å². The van der Waals surface area contributed by atoms with E-state index in [4.69, 9.17) is 0 Å². The third-order valence-electron chi connectivity index (χ3n) is 1.51.